The van der Waals surface area contributed by atoms with E-state index in [-0.39, 0.29) is 11.4 Å². The third kappa shape index (κ3) is 4.84. The fourth-order valence-corrected chi connectivity index (χ4v) is 1.77. The Bertz CT molecular complexity index is 363. The fraction of sp³-hybridized carbons (Fsp3) is 0.571. The first-order valence-electron chi connectivity index (χ1n) is 6.24. The Labute approximate surface area is 109 Å². The molecule has 100 valence electrons. The molecule has 0 bridgehead atoms. The average Bonchev–Trinajstić information content (AvgIpc) is 2.39. The first kappa shape index (κ1) is 14.6. The van der Waals surface area contributed by atoms with Crippen molar-refractivity contribution < 1.29 is 9.53 Å². The number of ether oxygens (including phenoxy) is 1. The third-order valence-corrected chi connectivity index (χ3v) is 2.99. The van der Waals surface area contributed by atoms with E-state index in [9.17, 15) is 4.79 Å². The van der Waals surface area contributed by atoms with Crippen molar-refractivity contribution in [2.24, 2.45) is 0 Å². The van der Waals surface area contributed by atoms with Gasteiger partial charge in [0.25, 0.3) is 0 Å². The minimum absolute atomic E-state index is 0.0637. The van der Waals surface area contributed by atoms with E-state index < -0.39 is 0 Å². The lowest BCUT2D eigenvalue weighted by Gasteiger charge is -2.25. The SMILES string of the molecule is COC(=O)CCCNCC(C)(C)c1ccncc1. The monoisotopic (exact) mass is 250 g/mol. The zero-order valence-electron chi connectivity index (χ0n) is 11.4. The van der Waals surface area contributed by atoms with E-state index in [2.05, 4.69) is 28.9 Å². The predicted molar refractivity (Wildman–Crippen MR) is 71.4 cm³/mol. The number of nitrogens with zero attached hydrogens (tertiary/aromatic N) is 1. The lowest BCUT2D eigenvalue weighted by Crippen LogP contribution is -2.33. The molecule has 0 aliphatic carbocycles. The predicted octanol–water partition coefficient (Wildman–Crippen LogP) is 1.90. The molecule has 0 aliphatic heterocycles. The average molecular weight is 250 g/mol. The number of hydrogen-bond donors (Lipinski definition) is 1. The highest BCUT2D eigenvalue weighted by atomic mass is 16.5. The number of nitrogens with one attached hydrogen (secondary N) is 1. The van der Waals surface area contributed by atoms with Crippen LogP contribution in [0.1, 0.15) is 32.3 Å². The van der Waals surface area contributed by atoms with Crippen LogP contribution in [-0.2, 0) is 14.9 Å². The second kappa shape index (κ2) is 7.11. The summed E-state index contributed by atoms with van der Waals surface area (Å²) in [6.45, 7) is 6.08. The number of aromatic nitrogens is 1. The molecule has 0 spiro atoms. The zero-order valence-corrected chi connectivity index (χ0v) is 11.4. The van der Waals surface area contributed by atoms with Gasteiger partial charge in [-0.05, 0) is 30.7 Å². The van der Waals surface area contributed by atoms with Crippen LogP contribution < -0.4 is 5.32 Å². The van der Waals surface area contributed by atoms with Crippen LogP contribution in [0.4, 0.5) is 0 Å². The van der Waals surface area contributed by atoms with E-state index in [1.165, 1.54) is 12.7 Å². The number of esters is 1. The number of methoxy groups -OCH3 is 1. The summed E-state index contributed by atoms with van der Waals surface area (Å²) in [4.78, 5) is 15.0. The van der Waals surface area contributed by atoms with E-state index in [4.69, 9.17) is 0 Å². The second-order valence-corrected chi connectivity index (χ2v) is 4.98. The Kier molecular flexibility index (Phi) is 5.78. The molecule has 0 atom stereocenters. The summed E-state index contributed by atoms with van der Waals surface area (Å²) < 4.78 is 4.59. The van der Waals surface area contributed by atoms with Crippen LogP contribution in [-0.4, -0.2) is 31.2 Å². The summed E-state index contributed by atoms with van der Waals surface area (Å²) in [6, 6.07) is 4.08. The number of carbonyl (C=O) groups is 1. The Morgan fingerprint density at radius 2 is 2.06 bits per heavy atom. The molecule has 0 aliphatic rings. The standard InChI is InChI=1S/C14H22N2O2/c1-14(2,12-6-9-15-10-7-12)11-16-8-4-5-13(17)18-3/h6-7,9-10,16H,4-5,8,11H2,1-3H3. The molecule has 1 aromatic rings. The molecule has 0 fully saturated rings. The van der Waals surface area contributed by atoms with Crippen molar-refractivity contribution in [3.8, 4) is 0 Å². The first-order valence-corrected chi connectivity index (χ1v) is 6.24. The normalized spacial score (nSPS) is 11.3. The van der Waals surface area contributed by atoms with Gasteiger partial charge in [-0.1, -0.05) is 13.8 Å². The maximum Gasteiger partial charge on any atom is 0.305 e. The van der Waals surface area contributed by atoms with Gasteiger partial charge in [0.2, 0.25) is 0 Å². The van der Waals surface area contributed by atoms with Crippen LogP contribution in [0.5, 0.6) is 0 Å². The van der Waals surface area contributed by atoms with Crippen LogP contribution in [0.3, 0.4) is 0 Å². The summed E-state index contributed by atoms with van der Waals surface area (Å²) in [5.41, 5.74) is 1.33. The van der Waals surface area contributed by atoms with Crippen molar-refractivity contribution in [3.05, 3.63) is 30.1 Å². The van der Waals surface area contributed by atoms with Gasteiger partial charge in [0.15, 0.2) is 0 Å². The van der Waals surface area contributed by atoms with E-state index in [1.807, 2.05) is 24.5 Å². The van der Waals surface area contributed by atoms with Gasteiger partial charge >= 0.3 is 5.97 Å². The Morgan fingerprint density at radius 3 is 2.67 bits per heavy atom. The van der Waals surface area contributed by atoms with Crippen LogP contribution in [0, 0.1) is 0 Å². The van der Waals surface area contributed by atoms with Crippen molar-refractivity contribution >= 4 is 5.97 Å². The summed E-state index contributed by atoms with van der Waals surface area (Å²) in [7, 11) is 1.42. The van der Waals surface area contributed by atoms with Crippen LogP contribution in [0.15, 0.2) is 24.5 Å². The van der Waals surface area contributed by atoms with Gasteiger partial charge in [-0.15, -0.1) is 0 Å². The summed E-state index contributed by atoms with van der Waals surface area (Å²) in [6.07, 6.45) is 4.90. The van der Waals surface area contributed by atoms with E-state index in [0.717, 1.165) is 19.5 Å². The Balaban J connectivity index is 2.28. The van der Waals surface area contributed by atoms with E-state index in [0.29, 0.717) is 6.42 Å². The molecule has 1 rings (SSSR count). The first-order chi connectivity index (χ1) is 8.56. The van der Waals surface area contributed by atoms with Gasteiger partial charge in [-0.3, -0.25) is 9.78 Å². The molecule has 4 nitrogen and oxygen atoms in total. The highest BCUT2D eigenvalue weighted by molar-refractivity contribution is 5.69. The van der Waals surface area contributed by atoms with E-state index >= 15 is 0 Å². The number of carbonyl (C=O) groups excluding carboxylic acids is 1. The van der Waals surface area contributed by atoms with Gasteiger partial charge in [0.05, 0.1) is 7.11 Å². The molecule has 0 radical (unpaired) electrons. The Morgan fingerprint density at radius 1 is 1.39 bits per heavy atom. The summed E-state index contributed by atoms with van der Waals surface area (Å²) in [5, 5.41) is 3.38. The Hall–Kier alpha value is -1.42. The van der Waals surface area contributed by atoms with Crippen molar-refractivity contribution in [3.63, 3.8) is 0 Å². The van der Waals surface area contributed by atoms with Crippen molar-refractivity contribution in [1.29, 1.82) is 0 Å². The molecule has 0 aromatic carbocycles. The van der Waals surface area contributed by atoms with E-state index in [1.54, 1.807) is 0 Å². The molecule has 0 saturated carbocycles. The smallest absolute Gasteiger partial charge is 0.305 e. The maximum atomic E-state index is 10.9. The zero-order chi connectivity index (χ0) is 13.4. The van der Waals surface area contributed by atoms with Gasteiger partial charge in [0.1, 0.15) is 0 Å². The molecule has 0 saturated heterocycles. The van der Waals surface area contributed by atoms with Crippen LogP contribution >= 0.6 is 0 Å². The van der Waals surface area contributed by atoms with Gasteiger partial charge in [-0.2, -0.15) is 0 Å². The highest BCUT2D eigenvalue weighted by Crippen LogP contribution is 2.20. The molecule has 4 heteroatoms. The number of pyridine rings is 1. The topological polar surface area (TPSA) is 51.2 Å². The molecular formula is C14H22N2O2. The number of rotatable bonds is 7. The van der Waals surface area contributed by atoms with Crippen LogP contribution in [0.2, 0.25) is 0 Å². The molecule has 1 heterocycles. The lowest BCUT2D eigenvalue weighted by atomic mass is 9.85. The molecular weight excluding hydrogens is 228 g/mol. The molecule has 0 amide bonds. The van der Waals surface area contributed by atoms with Gasteiger partial charge in [0, 0.05) is 30.8 Å². The molecule has 0 unspecified atom stereocenters. The maximum absolute atomic E-state index is 10.9. The minimum Gasteiger partial charge on any atom is -0.469 e. The highest BCUT2D eigenvalue weighted by Gasteiger charge is 2.19. The summed E-state index contributed by atoms with van der Waals surface area (Å²) in [5.74, 6) is -0.148. The third-order valence-electron chi connectivity index (χ3n) is 2.99. The minimum atomic E-state index is -0.148. The second-order valence-electron chi connectivity index (χ2n) is 4.98. The molecule has 1 aromatic heterocycles. The number of hydrogen-bond acceptors (Lipinski definition) is 4. The van der Waals surface area contributed by atoms with Crippen molar-refractivity contribution in [2.45, 2.75) is 32.1 Å². The van der Waals surface area contributed by atoms with Gasteiger partial charge < -0.3 is 10.1 Å². The van der Waals surface area contributed by atoms with Crippen molar-refractivity contribution in [2.75, 3.05) is 20.2 Å². The largest absolute Gasteiger partial charge is 0.469 e. The summed E-state index contributed by atoms with van der Waals surface area (Å²) >= 11 is 0. The van der Waals surface area contributed by atoms with Crippen molar-refractivity contribution in [1.82, 2.24) is 10.3 Å². The lowest BCUT2D eigenvalue weighted by molar-refractivity contribution is -0.140. The quantitative estimate of drug-likeness (QED) is 0.593. The molecule has 18 heavy (non-hydrogen) atoms. The molecule has 1 N–H and O–H groups in total. The van der Waals surface area contributed by atoms with Gasteiger partial charge in [-0.25, -0.2) is 0 Å². The fourth-order valence-electron chi connectivity index (χ4n) is 1.77. The van der Waals surface area contributed by atoms with Crippen LogP contribution in [0.25, 0.3) is 0 Å².